The lowest BCUT2D eigenvalue weighted by atomic mass is 9.49. The van der Waals surface area contributed by atoms with E-state index < -0.39 is 87.8 Å². The maximum absolute atomic E-state index is 15.3. The van der Waals surface area contributed by atoms with Crippen LogP contribution in [0.25, 0.3) is 0 Å². The molecule has 4 aliphatic rings. The number of hydrogen-bond donors (Lipinski definition) is 1. The van der Waals surface area contributed by atoms with Gasteiger partial charge in [-0.1, -0.05) is 71.8 Å². The van der Waals surface area contributed by atoms with Gasteiger partial charge in [0.1, 0.15) is 5.75 Å². The molecule has 0 spiro atoms. The van der Waals surface area contributed by atoms with Crippen molar-refractivity contribution in [3.63, 3.8) is 0 Å². The van der Waals surface area contributed by atoms with Gasteiger partial charge in [-0.3, -0.25) is 19.2 Å². The summed E-state index contributed by atoms with van der Waals surface area (Å²) in [5.74, 6) is -8.73. The van der Waals surface area contributed by atoms with Crippen LogP contribution in [0, 0.1) is 30.6 Å². The van der Waals surface area contributed by atoms with Crippen LogP contribution in [-0.4, -0.2) is 28.7 Å². The van der Waals surface area contributed by atoms with Gasteiger partial charge in [0.15, 0.2) is 0 Å². The van der Waals surface area contributed by atoms with Crippen LogP contribution in [0.3, 0.4) is 0 Å². The maximum Gasteiger partial charge on any atom is 0.416 e. The Morgan fingerprint density at radius 3 is 2.02 bits per heavy atom. The lowest BCUT2D eigenvalue weighted by Crippen LogP contribution is -2.53. The third-order valence-corrected chi connectivity index (χ3v) is 11.8. The molecule has 0 radical (unpaired) electrons. The third-order valence-electron chi connectivity index (χ3n) is 11.6. The van der Waals surface area contributed by atoms with Crippen molar-refractivity contribution >= 4 is 46.6 Å². The van der Waals surface area contributed by atoms with Crippen LogP contribution < -0.4 is 9.80 Å². The van der Waals surface area contributed by atoms with Crippen LogP contribution in [0.1, 0.15) is 46.6 Å². The molecule has 2 saturated heterocycles. The van der Waals surface area contributed by atoms with Crippen molar-refractivity contribution in [2.24, 2.45) is 23.7 Å². The van der Waals surface area contributed by atoms with Gasteiger partial charge in [-0.15, -0.1) is 0 Å². The van der Waals surface area contributed by atoms with E-state index in [4.69, 9.17) is 11.6 Å². The Labute approximate surface area is 314 Å². The van der Waals surface area contributed by atoms with Gasteiger partial charge in [0.05, 0.1) is 45.7 Å². The number of phenols is 1. The molecule has 55 heavy (non-hydrogen) atoms. The summed E-state index contributed by atoms with van der Waals surface area (Å²) in [7, 11) is 0. The fraction of sp³-hybridized carbons (Fsp3) is 0.268. The average Bonchev–Trinajstić information content (AvgIpc) is 3.53. The summed E-state index contributed by atoms with van der Waals surface area (Å²) < 4.78 is 83.3. The highest BCUT2D eigenvalue weighted by Gasteiger charge is 2.70. The number of aromatic hydroxyl groups is 1. The Balaban J connectivity index is 1.32. The Morgan fingerprint density at radius 2 is 1.40 bits per heavy atom. The minimum Gasteiger partial charge on any atom is -0.508 e. The lowest BCUT2D eigenvalue weighted by molar-refractivity contribution is -0.143. The molecule has 2 aliphatic carbocycles. The zero-order valence-electron chi connectivity index (χ0n) is 28.7. The van der Waals surface area contributed by atoms with E-state index in [2.05, 4.69) is 0 Å². The van der Waals surface area contributed by atoms with Gasteiger partial charge < -0.3 is 5.11 Å². The summed E-state index contributed by atoms with van der Waals surface area (Å²) in [4.78, 5) is 60.1. The molecule has 4 aromatic rings. The predicted octanol–water partition coefficient (Wildman–Crippen LogP) is 8.76. The highest BCUT2D eigenvalue weighted by molar-refractivity contribution is 6.32. The van der Waals surface area contributed by atoms with Crippen molar-refractivity contribution in [3.8, 4) is 5.75 Å². The summed E-state index contributed by atoms with van der Waals surface area (Å²) >= 11 is 6.32. The average molecular weight is 779 g/mol. The fourth-order valence-electron chi connectivity index (χ4n) is 9.30. The minimum absolute atomic E-state index is 0.0417. The van der Waals surface area contributed by atoms with Gasteiger partial charge >= 0.3 is 12.4 Å². The first-order valence-corrected chi connectivity index (χ1v) is 17.7. The fourth-order valence-corrected chi connectivity index (χ4v) is 9.48. The van der Waals surface area contributed by atoms with E-state index in [1.165, 1.54) is 12.1 Å². The number of carbonyl (C=O) groups is 4. The number of nitrogens with zero attached hydrogens (tertiary/aromatic N) is 2. The van der Waals surface area contributed by atoms with Gasteiger partial charge in [0.25, 0.3) is 0 Å². The minimum atomic E-state index is -5.23. The van der Waals surface area contributed by atoms with Crippen LogP contribution in [0.2, 0.25) is 5.02 Å². The summed E-state index contributed by atoms with van der Waals surface area (Å²) in [6.45, 7) is 1.65. The smallest absolute Gasteiger partial charge is 0.416 e. The van der Waals surface area contributed by atoms with Gasteiger partial charge in [-0.2, -0.15) is 26.3 Å². The molecule has 4 aromatic carbocycles. The molecule has 282 valence electrons. The number of fused-ring (bicyclic) bond motifs is 4. The normalized spacial score (nSPS) is 26.5. The van der Waals surface area contributed by atoms with E-state index in [1.807, 2.05) is 0 Å². The van der Waals surface area contributed by atoms with Gasteiger partial charge in [0.2, 0.25) is 23.6 Å². The number of imide groups is 2. The van der Waals surface area contributed by atoms with E-state index in [0.717, 1.165) is 4.90 Å². The summed E-state index contributed by atoms with van der Waals surface area (Å²) in [6.07, 6.45) is -9.02. The maximum atomic E-state index is 15.3. The topological polar surface area (TPSA) is 95.0 Å². The largest absolute Gasteiger partial charge is 0.508 e. The monoisotopic (exact) mass is 778 g/mol. The second-order valence-corrected chi connectivity index (χ2v) is 14.9. The predicted molar refractivity (Wildman–Crippen MR) is 188 cm³/mol. The summed E-state index contributed by atoms with van der Waals surface area (Å²) in [6, 6.07) is 20.2. The van der Waals surface area contributed by atoms with Gasteiger partial charge in [0, 0.05) is 10.9 Å². The standard InChI is InChI=1S/C41H29ClF6N2O5/c1-20-14-21(10-13-32(20)51)34-28-11-12-29-33(37(54)49(35(29)52)27-16-23(40(43,44)45)15-24(17-27)41(46,47)48)30(28)19-31-36(53)50(26-9-5-8-25(42)18-26)38(55)39(31,34)22-6-3-2-4-7-22/h2-11,13-18,29-31,33-34,51H,12,19H2,1H3. The molecule has 14 heteroatoms. The van der Waals surface area contributed by atoms with Crippen molar-refractivity contribution in [3.05, 3.63) is 135 Å². The van der Waals surface area contributed by atoms with Crippen LogP contribution in [-0.2, 0) is 36.9 Å². The molecule has 0 aromatic heterocycles. The van der Waals surface area contributed by atoms with Crippen LogP contribution in [0.15, 0.2) is 103 Å². The second-order valence-electron chi connectivity index (χ2n) is 14.4. The molecule has 6 unspecified atom stereocenters. The Kier molecular flexibility index (Phi) is 8.34. The Bertz CT molecular complexity index is 2310. The Hall–Kier alpha value is -5.43. The number of anilines is 2. The SMILES string of the molecule is Cc1cc(C2C3=CCC4C(=O)N(c5cc(C(F)(F)F)cc(C(F)(F)F)c5)C(=O)C4C3CC3C(=O)N(c4cccc(Cl)c4)C(=O)C32c2ccccc2)ccc1O. The number of phenolic OH excluding ortho intramolecular Hbond substituents is 1. The Morgan fingerprint density at radius 1 is 0.727 bits per heavy atom. The van der Waals surface area contributed by atoms with Crippen molar-refractivity contribution in [2.45, 2.75) is 43.5 Å². The highest BCUT2D eigenvalue weighted by atomic mass is 35.5. The number of benzene rings is 4. The number of rotatable bonds is 4. The van der Waals surface area contributed by atoms with Crippen molar-refractivity contribution in [2.75, 3.05) is 9.80 Å². The summed E-state index contributed by atoms with van der Waals surface area (Å²) in [5, 5.41) is 10.8. The number of allylic oxidation sites excluding steroid dienone is 2. The summed E-state index contributed by atoms with van der Waals surface area (Å²) in [5.41, 5.74) is -3.71. The van der Waals surface area contributed by atoms with E-state index in [9.17, 15) is 45.8 Å². The zero-order valence-corrected chi connectivity index (χ0v) is 29.4. The quantitative estimate of drug-likeness (QED) is 0.127. The first kappa shape index (κ1) is 36.5. The first-order valence-electron chi connectivity index (χ1n) is 17.3. The van der Waals surface area contributed by atoms with E-state index in [-0.39, 0.29) is 35.4 Å². The van der Waals surface area contributed by atoms with E-state index >= 15 is 4.79 Å². The number of amides is 4. The molecule has 6 atom stereocenters. The second kappa shape index (κ2) is 12.6. The van der Waals surface area contributed by atoms with Crippen LogP contribution >= 0.6 is 11.6 Å². The molecule has 7 nitrogen and oxygen atoms in total. The molecule has 2 aliphatic heterocycles. The van der Waals surface area contributed by atoms with Crippen molar-refractivity contribution in [1.82, 2.24) is 0 Å². The van der Waals surface area contributed by atoms with Crippen molar-refractivity contribution in [1.29, 1.82) is 0 Å². The molecule has 4 amide bonds. The van der Waals surface area contributed by atoms with Crippen LogP contribution in [0.4, 0.5) is 37.7 Å². The third kappa shape index (κ3) is 5.49. The highest BCUT2D eigenvalue weighted by Crippen LogP contribution is 2.64. The molecule has 1 saturated carbocycles. The van der Waals surface area contributed by atoms with E-state index in [1.54, 1.807) is 73.7 Å². The number of alkyl halides is 6. The molecular weight excluding hydrogens is 750 g/mol. The van der Waals surface area contributed by atoms with Gasteiger partial charge in [-0.05, 0) is 84.8 Å². The molecule has 0 bridgehead atoms. The van der Waals surface area contributed by atoms with Crippen LogP contribution in [0.5, 0.6) is 5.75 Å². The number of hydrogen-bond acceptors (Lipinski definition) is 5. The van der Waals surface area contributed by atoms with Gasteiger partial charge in [-0.25, -0.2) is 9.80 Å². The number of aryl methyl sites for hydroxylation is 1. The number of halogens is 7. The molecule has 1 N–H and O–H groups in total. The number of carbonyl (C=O) groups excluding carboxylic acids is 4. The molecule has 2 heterocycles. The molecule has 3 fully saturated rings. The van der Waals surface area contributed by atoms with E-state index in [0.29, 0.717) is 39.3 Å². The lowest BCUT2D eigenvalue weighted by Gasteiger charge is -2.50. The zero-order chi connectivity index (χ0) is 39.4. The molecular formula is C41H29ClF6N2O5. The molecule has 8 rings (SSSR count). The first-order chi connectivity index (χ1) is 25.9. The van der Waals surface area contributed by atoms with Crippen molar-refractivity contribution < 1.29 is 50.6 Å².